The topological polar surface area (TPSA) is 38.4 Å². The highest BCUT2D eigenvalue weighted by Crippen LogP contribution is 2.31. The molecule has 6 heteroatoms. The Labute approximate surface area is 136 Å². The summed E-state index contributed by atoms with van der Waals surface area (Å²) in [6.45, 7) is 2.70. The average molecular weight is 330 g/mol. The quantitative estimate of drug-likeness (QED) is 0.721. The Morgan fingerprint density at radius 1 is 1.21 bits per heavy atom. The van der Waals surface area contributed by atoms with Gasteiger partial charge in [-0.25, -0.2) is 13.6 Å². The summed E-state index contributed by atoms with van der Waals surface area (Å²) in [6, 6.07) is 7.74. The maximum atomic E-state index is 14.3. The Bertz CT molecular complexity index is 991. The highest BCUT2D eigenvalue weighted by atomic mass is 19.1. The van der Waals surface area contributed by atoms with Gasteiger partial charge in [0.25, 0.3) is 0 Å². The zero-order chi connectivity index (χ0) is 16.8. The van der Waals surface area contributed by atoms with Crippen LogP contribution in [0.15, 0.2) is 39.5 Å². The number of fused-ring (bicyclic) bond motifs is 2. The second-order valence-electron chi connectivity index (χ2n) is 6.17. The van der Waals surface area contributed by atoms with Gasteiger partial charge in [0.15, 0.2) is 5.58 Å². The molecule has 0 saturated carbocycles. The molecule has 0 unspecified atom stereocenters. The summed E-state index contributed by atoms with van der Waals surface area (Å²) >= 11 is 0. The molecule has 0 amide bonds. The van der Waals surface area contributed by atoms with Crippen LogP contribution in [0.2, 0.25) is 0 Å². The number of hydrogen-bond acceptors (Lipinski definition) is 3. The zero-order valence-corrected chi connectivity index (χ0v) is 13.2. The number of aryl methyl sites for hydroxylation is 2. The molecule has 124 valence electrons. The molecule has 0 fully saturated rings. The molecule has 2 aromatic carbocycles. The SMILES string of the molecule is Cc1ccc2oc(=O)n(CN3CCCc4cc(F)cc(F)c43)c2c1. The molecule has 1 aliphatic heterocycles. The van der Waals surface area contributed by atoms with Crippen LogP contribution in [0.1, 0.15) is 17.5 Å². The van der Waals surface area contributed by atoms with Crippen molar-refractivity contribution in [3.8, 4) is 0 Å². The first-order valence-corrected chi connectivity index (χ1v) is 7.86. The van der Waals surface area contributed by atoms with Crippen molar-refractivity contribution in [2.75, 3.05) is 11.4 Å². The molecule has 4 nitrogen and oxygen atoms in total. The molecular weight excluding hydrogens is 314 g/mol. The molecule has 1 aliphatic rings. The summed E-state index contributed by atoms with van der Waals surface area (Å²) in [5.41, 5.74) is 3.19. The van der Waals surface area contributed by atoms with Crippen LogP contribution in [0, 0.1) is 18.6 Å². The number of aromatic nitrogens is 1. The van der Waals surface area contributed by atoms with E-state index in [0.29, 0.717) is 35.3 Å². The van der Waals surface area contributed by atoms with Gasteiger partial charge in [0.1, 0.15) is 18.3 Å². The van der Waals surface area contributed by atoms with E-state index in [1.807, 2.05) is 19.1 Å². The Hall–Kier alpha value is -2.63. The minimum absolute atomic E-state index is 0.171. The van der Waals surface area contributed by atoms with Gasteiger partial charge in [-0.2, -0.15) is 0 Å². The maximum absolute atomic E-state index is 14.3. The number of halogens is 2. The third kappa shape index (κ3) is 2.38. The number of nitrogens with zero attached hydrogens (tertiary/aromatic N) is 2. The highest BCUT2D eigenvalue weighted by Gasteiger charge is 2.23. The van der Waals surface area contributed by atoms with E-state index in [1.165, 1.54) is 10.6 Å². The second kappa shape index (κ2) is 5.47. The highest BCUT2D eigenvalue weighted by molar-refractivity contribution is 5.74. The van der Waals surface area contributed by atoms with Crippen LogP contribution in [0.3, 0.4) is 0 Å². The standard InChI is InChI=1S/C18H16F2N2O2/c1-11-4-5-16-15(7-11)22(18(23)24-16)10-21-6-2-3-12-8-13(19)9-14(20)17(12)21/h4-5,7-9H,2-3,6,10H2,1H3. The largest absolute Gasteiger partial charge is 0.421 e. The van der Waals surface area contributed by atoms with Gasteiger partial charge in [-0.1, -0.05) is 6.07 Å². The van der Waals surface area contributed by atoms with Crippen LogP contribution < -0.4 is 10.7 Å². The number of rotatable bonds is 2. The smallest absolute Gasteiger partial charge is 0.408 e. The lowest BCUT2D eigenvalue weighted by atomic mass is 10.0. The van der Waals surface area contributed by atoms with Gasteiger partial charge in [0.2, 0.25) is 0 Å². The lowest BCUT2D eigenvalue weighted by Gasteiger charge is -2.31. The van der Waals surface area contributed by atoms with Crippen molar-refractivity contribution in [2.45, 2.75) is 26.4 Å². The van der Waals surface area contributed by atoms with Crippen molar-refractivity contribution < 1.29 is 13.2 Å². The first kappa shape index (κ1) is 14.9. The number of oxazole rings is 1. The molecule has 0 spiro atoms. The Morgan fingerprint density at radius 3 is 2.88 bits per heavy atom. The predicted octanol–water partition coefficient (Wildman–Crippen LogP) is 3.59. The van der Waals surface area contributed by atoms with Crippen LogP contribution in [0.25, 0.3) is 11.1 Å². The third-order valence-corrected chi connectivity index (χ3v) is 4.43. The average Bonchev–Trinajstić information content (AvgIpc) is 2.82. The zero-order valence-electron chi connectivity index (χ0n) is 13.2. The molecule has 0 aliphatic carbocycles. The van der Waals surface area contributed by atoms with Crippen LogP contribution in [0.5, 0.6) is 0 Å². The van der Waals surface area contributed by atoms with E-state index in [-0.39, 0.29) is 6.67 Å². The second-order valence-corrected chi connectivity index (χ2v) is 6.17. The monoisotopic (exact) mass is 330 g/mol. The van der Waals surface area contributed by atoms with Gasteiger partial charge >= 0.3 is 5.76 Å². The van der Waals surface area contributed by atoms with E-state index in [1.54, 1.807) is 11.0 Å². The van der Waals surface area contributed by atoms with Crippen LogP contribution in [-0.2, 0) is 13.1 Å². The summed E-state index contributed by atoms with van der Waals surface area (Å²) in [6.07, 6.45) is 1.40. The number of anilines is 1. The summed E-state index contributed by atoms with van der Waals surface area (Å²) in [5.74, 6) is -1.65. The maximum Gasteiger partial charge on any atom is 0.421 e. The molecule has 0 atom stereocenters. The van der Waals surface area contributed by atoms with E-state index < -0.39 is 17.4 Å². The van der Waals surface area contributed by atoms with Crippen molar-refractivity contribution in [3.05, 3.63) is 63.6 Å². The Balaban J connectivity index is 1.80. The third-order valence-electron chi connectivity index (χ3n) is 4.43. The minimum Gasteiger partial charge on any atom is -0.408 e. The summed E-state index contributed by atoms with van der Waals surface area (Å²) in [5, 5.41) is 0. The van der Waals surface area contributed by atoms with Crippen molar-refractivity contribution in [2.24, 2.45) is 0 Å². The first-order chi connectivity index (χ1) is 11.5. The van der Waals surface area contributed by atoms with Gasteiger partial charge in [0, 0.05) is 12.6 Å². The lowest BCUT2D eigenvalue weighted by molar-refractivity contribution is 0.485. The molecule has 4 rings (SSSR count). The lowest BCUT2D eigenvalue weighted by Crippen LogP contribution is -2.35. The Kier molecular flexibility index (Phi) is 3.40. The van der Waals surface area contributed by atoms with Crippen LogP contribution in [0.4, 0.5) is 14.5 Å². The van der Waals surface area contributed by atoms with Crippen molar-refractivity contribution in [1.82, 2.24) is 4.57 Å². The molecule has 0 N–H and O–H groups in total. The van der Waals surface area contributed by atoms with Gasteiger partial charge in [-0.05, 0) is 49.1 Å². The first-order valence-electron chi connectivity index (χ1n) is 7.86. The molecule has 0 radical (unpaired) electrons. The van der Waals surface area contributed by atoms with Gasteiger partial charge in [0.05, 0.1) is 11.2 Å². The molecular formula is C18H16F2N2O2. The predicted molar refractivity (Wildman–Crippen MR) is 87.2 cm³/mol. The number of benzene rings is 2. The van der Waals surface area contributed by atoms with Crippen LogP contribution in [-0.4, -0.2) is 11.1 Å². The van der Waals surface area contributed by atoms with E-state index >= 15 is 0 Å². The summed E-state index contributed by atoms with van der Waals surface area (Å²) < 4.78 is 34.5. The van der Waals surface area contributed by atoms with E-state index in [2.05, 4.69) is 0 Å². The number of hydrogen-bond donors (Lipinski definition) is 0. The fourth-order valence-electron chi connectivity index (χ4n) is 3.35. The van der Waals surface area contributed by atoms with Gasteiger partial charge < -0.3 is 9.32 Å². The van der Waals surface area contributed by atoms with Crippen molar-refractivity contribution in [1.29, 1.82) is 0 Å². The molecule has 24 heavy (non-hydrogen) atoms. The van der Waals surface area contributed by atoms with E-state index in [4.69, 9.17) is 4.42 Å². The van der Waals surface area contributed by atoms with Crippen LogP contribution >= 0.6 is 0 Å². The fraction of sp³-hybridized carbons (Fsp3) is 0.278. The van der Waals surface area contributed by atoms with Gasteiger partial charge in [-0.3, -0.25) is 4.57 Å². The summed E-state index contributed by atoms with van der Waals surface area (Å²) in [4.78, 5) is 14.0. The molecule has 1 aromatic heterocycles. The minimum atomic E-state index is -0.596. The normalized spacial score (nSPS) is 14.2. The van der Waals surface area contributed by atoms with E-state index in [0.717, 1.165) is 18.1 Å². The van der Waals surface area contributed by atoms with E-state index in [9.17, 15) is 13.6 Å². The molecule has 0 bridgehead atoms. The molecule has 0 saturated heterocycles. The van der Waals surface area contributed by atoms with Crippen molar-refractivity contribution in [3.63, 3.8) is 0 Å². The molecule has 2 heterocycles. The summed E-state index contributed by atoms with van der Waals surface area (Å²) in [7, 11) is 0. The van der Waals surface area contributed by atoms with Gasteiger partial charge in [-0.15, -0.1) is 0 Å². The van der Waals surface area contributed by atoms with Crippen molar-refractivity contribution >= 4 is 16.8 Å². The Morgan fingerprint density at radius 2 is 2.04 bits per heavy atom. The fourth-order valence-corrected chi connectivity index (χ4v) is 3.35. The molecule has 3 aromatic rings.